The van der Waals surface area contributed by atoms with Gasteiger partial charge < -0.3 is 8.98 Å². The van der Waals surface area contributed by atoms with Crippen LogP contribution in [0.2, 0.25) is 0 Å². The van der Waals surface area contributed by atoms with Crippen LogP contribution in [0.5, 0.6) is 0 Å². The van der Waals surface area contributed by atoms with E-state index in [0.717, 1.165) is 88.9 Å². The molecule has 6 nitrogen and oxygen atoms in total. The zero-order valence-electron chi connectivity index (χ0n) is 33.4. The summed E-state index contributed by atoms with van der Waals surface area (Å²) in [7, 11) is 0. The van der Waals surface area contributed by atoms with Gasteiger partial charge in [-0.05, 0) is 71.3 Å². The number of nitrogens with zero attached hydrogens (tertiary/aromatic N) is 5. The molecule has 0 atom stereocenters. The summed E-state index contributed by atoms with van der Waals surface area (Å²) < 4.78 is 9.13. The van der Waals surface area contributed by atoms with Crippen LogP contribution in [0.1, 0.15) is 0 Å². The van der Waals surface area contributed by atoms with Crippen molar-refractivity contribution in [1.29, 1.82) is 0 Å². The van der Waals surface area contributed by atoms with Crippen LogP contribution in [0.3, 0.4) is 0 Å². The number of rotatable bonds is 7. The van der Waals surface area contributed by atoms with Gasteiger partial charge in [-0.1, -0.05) is 152 Å². The molecule has 290 valence electrons. The lowest BCUT2D eigenvalue weighted by atomic mass is 9.97. The highest BCUT2D eigenvalue weighted by Gasteiger charge is 2.22. The molecule has 4 aromatic heterocycles. The third-order valence-electron chi connectivity index (χ3n) is 11.7. The number of furan rings is 1. The van der Waals surface area contributed by atoms with Crippen LogP contribution in [-0.4, -0.2) is 24.5 Å². The van der Waals surface area contributed by atoms with Gasteiger partial charge in [-0.3, -0.25) is 4.98 Å². The molecule has 0 aliphatic heterocycles. The van der Waals surface area contributed by atoms with E-state index in [1.807, 2.05) is 72.9 Å². The summed E-state index contributed by atoms with van der Waals surface area (Å²) in [4.78, 5) is 20.6. The van der Waals surface area contributed by atoms with Crippen molar-refractivity contribution in [1.82, 2.24) is 24.5 Å². The van der Waals surface area contributed by atoms with Crippen LogP contribution in [-0.2, 0) is 0 Å². The molecule has 12 aromatic rings. The molecule has 0 spiro atoms. The van der Waals surface area contributed by atoms with Crippen LogP contribution < -0.4 is 0 Å². The van der Waals surface area contributed by atoms with Crippen molar-refractivity contribution in [3.8, 4) is 73.4 Å². The number of hydrogen-bond acceptors (Lipinski definition) is 5. The molecular formula is C56H35N5O. The fraction of sp³-hybridized carbons (Fsp3) is 0. The first-order chi connectivity index (χ1) is 30.7. The Labute approximate surface area is 357 Å². The third-order valence-corrected chi connectivity index (χ3v) is 11.7. The highest BCUT2D eigenvalue weighted by Crippen LogP contribution is 2.43. The van der Waals surface area contributed by atoms with E-state index in [1.54, 1.807) is 0 Å². The molecule has 6 heteroatoms. The van der Waals surface area contributed by atoms with Gasteiger partial charge in [0.15, 0.2) is 17.5 Å². The third kappa shape index (κ3) is 6.04. The number of para-hydroxylation sites is 2. The van der Waals surface area contributed by atoms with E-state index in [0.29, 0.717) is 17.5 Å². The van der Waals surface area contributed by atoms with Crippen molar-refractivity contribution in [2.75, 3.05) is 0 Å². The maximum Gasteiger partial charge on any atom is 0.166 e. The van der Waals surface area contributed by atoms with Gasteiger partial charge in [0, 0.05) is 55.9 Å². The van der Waals surface area contributed by atoms with E-state index in [4.69, 9.17) is 24.4 Å². The van der Waals surface area contributed by atoms with Gasteiger partial charge in [-0.15, -0.1) is 0 Å². The summed E-state index contributed by atoms with van der Waals surface area (Å²) in [5.74, 6) is 1.70. The van der Waals surface area contributed by atoms with Crippen LogP contribution >= 0.6 is 0 Å². The molecule has 4 heterocycles. The quantitative estimate of drug-likeness (QED) is 0.161. The first-order valence-corrected chi connectivity index (χ1v) is 20.7. The average Bonchev–Trinajstić information content (AvgIpc) is 3.90. The molecule has 0 saturated heterocycles. The van der Waals surface area contributed by atoms with Crippen molar-refractivity contribution in [2.45, 2.75) is 0 Å². The summed E-state index contributed by atoms with van der Waals surface area (Å²) in [6.45, 7) is 0. The van der Waals surface area contributed by atoms with Crippen molar-refractivity contribution in [3.63, 3.8) is 0 Å². The van der Waals surface area contributed by atoms with Crippen LogP contribution in [0, 0.1) is 0 Å². The normalized spacial score (nSPS) is 11.5. The molecule has 0 fully saturated rings. The second kappa shape index (κ2) is 14.7. The van der Waals surface area contributed by atoms with Crippen molar-refractivity contribution < 1.29 is 4.42 Å². The smallest absolute Gasteiger partial charge is 0.166 e. The molecule has 12 rings (SSSR count). The van der Waals surface area contributed by atoms with Crippen molar-refractivity contribution in [3.05, 3.63) is 212 Å². The van der Waals surface area contributed by atoms with E-state index in [2.05, 4.69) is 144 Å². The highest BCUT2D eigenvalue weighted by atomic mass is 16.3. The van der Waals surface area contributed by atoms with Crippen LogP contribution in [0.4, 0.5) is 0 Å². The Balaban J connectivity index is 1.08. The average molecular weight is 794 g/mol. The fourth-order valence-electron chi connectivity index (χ4n) is 8.77. The molecule has 0 aliphatic rings. The van der Waals surface area contributed by atoms with E-state index in [9.17, 15) is 0 Å². The number of pyridine rings is 1. The molecule has 0 radical (unpaired) electrons. The summed E-state index contributed by atoms with van der Waals surface area (Å²) in [5.41, 5.74) is 13.4. The Morgan fingerprint density at radius 3 is 1.66 bits per heavy atom. The number of fused-ring (bicyclic) bond motifs is 7. The minimum absolute atomic E-state index is 0.528. The van der Waals surface area contributed by atoms with Gasteiger partial charge in [-0.25, -0.2) is 15.0 Å². The fourth-order valence-corrected chi connectivity index (χ4v) is 8.77. The van der Waals surface area contributed by atoms with E-state index >= 15 is 0 Å². The lowest BCUT2D eigenvalue weighted by molar-refractivity contribution is 0.669. The lowest BCUT2D eigenvalue weighted by Gasteiger charge is -2.14. The topological polar surface area (TPSA) is 69.6 Å². The summed E-state index contributed by atoms with van der Waals surface area (Å²) in [5, 5.41) is 4.48. The Morgan fingerprint density at radius 2 is 0.952 bits per heavy atom. The standard InChI is InChI=1S/C56H35N5O/c1-5-16-36(17-6-1)39-22-15-23-40(32-39)42-33-47(56-59-54(37-18-7-2-8-19-37)58-55(60-56)38-20-9-3-10-21-38)52(57-35-42)41-28-29-46-50(34-41)62-49-31-30-45-44-26-13-14-27-48(44)61(53(45)51(46)49)43-24-11-4-12-25-43/h1-35H. The first-order valence-electron chi connectivity index (χ1n) is 20.7. The second-order valence-electron chi connectivity index (χ2n) is 15.4. The first kappa shape index (κ1) is 35.5. The molecule has 0 saturated carbocycles. The van der Waals surface area contributed by atoms with Gasteiger partial charge >= 0.3 is 0 Å². The summed E-state index contributed by atoms with van der Waals surface area (Å²) in [6, 6.07) is 71.2. The monoisotopic (exact) mass is 793 g/mol. The lowest BCUT2D eigenvalue weighted by Crippen LogP contribution is -2.02. The van der Waals surface area contributed by atoms with E-state index in [1.165, 1.54) is 10.8 Å². The molecule has 8 aromatic carbocycles. The van der Waals surface area contributed by atoms with Gasteiger partial charge in [0.05, 0.1) is 22.1 Å². The molecule has 0 bridgehead atoms. The van der Waals surface area contributed by atoms with E-state index < -0.39 is 0 Å². The van der Waals surface area contributed by atoms with Crippen LogP contribution in [0.25, 0.3) is 117 Å². The Kier molecular flexibility index (Phi) is 8.38. The summed E-state index contributed by atoms with van der Waals surface area (Å²) in [6.07, 6.45) is 1.95. The number of hydrogen-bond donors (Lipinski definition) is 0. The molecule has 0 unspecified atom stereocenters. The van der Waals surface area contributed by atoms with E-state index in [-0.39, 0.29) is 0 Å². The predicted molar refractivity (Wildman–Crippen MR) is 252 cm³/mol. The van der Waals surface area contributed by atoms with Gasteiger partial charge in [0.2, 0.25) is 0 Å². The number of aromatic nitrogens is 5. The SMILES string of the molecule is c1ccc(-c2cccc(-c3cnc(-c4ccc5c(c4)oc4ccc6c7ccccc7n(-c7ccccc7)c6c45)c(-c4nc(-c5ccccc5)nc(-c5ccccc5)n4)c3)c2)cc1. The molecule has 0 aliphatic carbocycles. The second-order valence-corrected chi connectivity index (χ2v) is 15.4. The van der Waals surface area contributed by atoms with Gasteiger partial charge in [0.1, 0.15) is 11.2 Å². The molecular weight excluding hydrogens is 759 g/mol. The van der Waals surface area contributed by atoms with Gasteiger partial charge in [-0.2, -0.15) is 0 Å². The van der Waals surface area contributed by atoms with Crippen molar-refractivity contribution in [2.24, 2.45) is 0 Å². The molecule has 0 N–H and O–H groups in total. The minimum Gasteiger partial charge on any atom is -0.456 e. The number of benzene rings is 8. The zero-order chi connectivity index (χ0) is 41.0. The summed E-state index contributed by atoms with van der Waals surface area (Å²) >= 11 is 0. The molecule has 0 amide bonds. The zero-order valence-corrected chi connectivity index (χ0v) is 33.4. The van der Waals surface area contributed by atoms with Gasteiger partial charge in [0.25, 0.3) is 0 Å². The Bertz CT molecular complexity index is 3560. The predicted octanol–water partition coefficient (Wildman–Crippen LogP) is 14.3. The van der Waals surface area contributed by atoms with Crippen LogP contribution in [0.15, 0.2) is 217 Å². The Hall–Kier alpha value is -8.48. The Morgan fingerprint density at radius 1 is 0.371 bits per heavy atom. The highest BCUT2D eigenvalue weighted by molar-refractivity contribution is 6.24. The largest absolute Gasteiger partial charge is 0.456 e. The molecule has 62 heavy (non-hydrogen) atoms. The maximum atomic E-state index is 6.77. The van der Waals surface area contributed by atoms with Crippen molar-refractivity contribution >= 4 is 43.7 Å². The maximum absolute atomic E-state index is 6.77. The minimum atomic E-state index is 0.528.